The first kappa shape index (κ1) is 13.1. The van der Waals surface area contributed by atoms with Crippen LogP contribution in [0.25, 0.3) is 0 Å². The molecule has 1 rings (SSSR count). The molecule has 0 bridgehead atoms. The maximum absolute atomic E-state index is 11.5. The number of aryl methyl sites for hydroxylation is 1. The van der Waals surface area contributed by atoms with Gasteiger partial charge in [0.1, 0.15) is 5.01 Å². The van der Waals surface area contributed by atoms with E-state index in [0.29, 0.717) is 13.0 Å². The Balaban J connectivity index is 2.37. The Bertz CT molecular complexity index is 354. The molecule has 0 aliphatic carbocycles. The Morgan fingerprint density at radius 2 is 2.31 bits per heavy atom. The van der Waals surface area contributed by atoms with E-state index in [0.717, 1.165) is 11.4 Å². The van der Waals surface area contributed by atoms with Gasteiger partial charge in [0.05, 0.1) is 6.54 Å². The van der Waals surface area contributed by atoms with Crippen molar-refractivity contribution in [2.24, 2.45) is 5.73 Å². The Kier molecular flexibility index (Phi) is 4.44. The number of nitrogens with zero attached hydrogens (tertiary/aromatic N) is 1. The molecular weight excluding hydrogens is 222 g/mol. The number of amides is 1. The number of carbonyl (C=O) groups is 1. The summed E-state index contributed by atoms with van der Waals surface area (Å²) < 4.78 is 0. The summed E-state index contributed by atoms with van der Waals surface area (Å²) >= 11 is 1.64. The minimum atomic E-state index is -0.457. The third-order valence-electron chi connectivity index (χ3n) is 2.00. The molecule has 16 heavy (non-hydrogen) atoms. The summed E-state index contributed by atoms with van der Waals surface area (Å²) in [6.45, 7) is 6.27. The molecule has 1 heterocycles. The molecule has 0 aromatic carbocycles. The van der Waals surface area contributed by atoms with Gasteiger partial charge in [-0.2, -0.15) is 0 Å². The van der Waals surface area contributed by atoms with E-state index >= 15 is 0 Å². The van der Waals surface area contributed by atoms with E-state index in [2.05, 4.69) is 17.2 Å². The van der Waals surface area contributed by atoms with Crippen LogP contribution in [0.3, 0.4) is 0 Å². The van der Waals surface area contributed by atoms with Crippen molar-refractivity contribution in [2.45, 2.75) is 45.7 Å². The van der Waals surface area contributed by atoms with Gasteiger partial charge in [0.15, 0.2) is 0 Å². The number of hydrogen-bond donors (Lipinski definition) is 2. The molecule has 1 aromatic rings. The second-order valence-electron chi connectivity index (χ2n) is 4.52. The van der Waals surface area contributed by atoms with E-state index < -0.39 is 5.54 Å². The maximum atomic E-state index is 11.5. The highest BCUT2D eigenvalue weighted by molar-refractivity contribution is 7.11. The molecule has 4 nitrogen and oxygen atoms in total. The molecule has 3 N–H and O–H groups in total. The topological polar surface area (TPSA) is 68.0 Å². The molecule has 1 aromatic heterocycles. The van der Waals surface area contributed by atoms with Gasteiger partial charge in [0.2, 0.25) is 5.91 Å². The average molecular weight is 241 g/mol. The van der Waals surface area contributed by atoms with Crippen LogP contribution in [-0.4, -0.2) is 16.4 Å². The lowest BCUT2D eigenvalue weighted by Gasteiger charge is -2.17. The summed E-state index contributed by atoms with van der Waals surface area (Å²) in [5.41, 5.74) is 5.30. The Hall–Kier alpha value is -0.940. The third-order valence-corrected chi connectivity index (χ3v) is 3.14. The van der Waals surface area contributed by atoms with Crippen LogP contribution in [0.2, 0.25) is 0 Å². The fraction of sp³-hybridized carbons (Fsp3) is 0.636. The standard InChI is InChI=1S/C11H19N3OS/c1-4-8-6-14-10(16-8)7-13-9(15)5-11(2,3)12/h6H,4-5,7,12H2,1-3H3,(H,13,15). The van der Waals surface area contributed by atoms with Gasteiger partial charge >= 0.3 is 0 Å². The molecule has 0 fully saturated rings. The Labute approximate surface area is 100 Å². The van der Waals surface area contributed by atoms with Gasteiger partial charge < -0.3 is 11.1 Å². The van der Waals surface area contributed by atoms with E-state index in [4.69, 9.17) is 5.73 Å². The van der Waals surface area contributed by atoms with Crippen LogP contribution < -0.4 is 11.1 Å². The summed E-state index contributed by atoms with van der Waals surface area (Å²) in [5.74, 6) is -0.0271. The number of hydrogen-bond acceptors (Lipinski definition) is 4. The lowest BCUT2D eigenvalue weighted by atomic mass is 10.0. The van der Waals surface area contributed by atoms with Gasteiger partial charge in [0.25, 0.3) is 0 Å². The number of thiazole rings is 1. The smallest absolute Gasteiger partial charge is 0.222 e. The molecule has 0 saturated carbocycles. The SMILES string of the molecule is CCc1cnc(CNC(=O)CC(C)(C)N)s1. The van der Waals surface area contributed by atoms with Gasteiger partial charge in [-0.25, -0.2) is 4.98 Å². The monoisotopic (exact) mass is 241 g/mol. The lowest BCUT2D eigenvalue weighted by molar-refractivity contribution is -0.122. The number of nitrogens with one attached hydrogen (secondary N) is 1. The molecule has 0 aliphatic rings. The first-order valence-electron chi connectivity index (χ1n) is 5.40. The molecule has 0 spiro atoms. The molecule has 0 saturated heterocycles. The second-order valence-corrected chi connectivity index (χ2v) is 5.72. The van der Waals surface area contributed by atoms with Crippen molar-refractivity contribution in [2.75, 3.05) is 0 Å². The first-order valence-corrected chi connectivity index (χ1v) is 6.21. The van der Waals surface area contributed by atoms with Crippen molar-refractivity contribution < 1.29 is 4.79 Å². The minimum absolute atomic E-state index is 0.0271. The molecule has 5 heteroatoms. The predicted octanol–water partition coefficient (Wildman–Crippen LogP) is 1.45. The van der Waals surface area contributed by atoms with Crippen molar-refractivity contribution in [1.29, 1.82) is 0 Å². The molecule has 90 valence electrons. The van der Waals surface area contributed by atoms with E-state index in [1.165, 1.54) is 4.88 Å². The van der Waals surface area contributed by atoms with Crippen molar-refractivity contribution >= 4 is 17.2 Å². The van der Waals surface area contributed by atoms with E-state index in [9.17, 15) is 4.79 Å². The van der Waals surface area contributed by atoms with Crippen molar-refractivity contribution in [1.82, 2.24) is 10.3 Å². The zero-order chi connectivity index (χ0) is 12.2. The highest BCUT2D eigenvalue weighted by Crippen LogP contribution is 2.13. The third kappa shape index (κ3) is 4.72. The molecule has 0 radical (unpaired) electrons. The zero-order valence-corrected chi connectivity index (χ0v) is 10.9. The van der Waals surface area contributed by atoms with Crippen molar-refractivity contribution in [3.05, 3.63) is 16.1 Å². The molecule has 0 atom stereocenters. The van der Waals surface area contributed by atoms with Crippen LogP contribution in [0.4, 0.5) is 0 Å². The van der Waals surface area contributed by atoms with Gasteiger partial charge in [-0.15, -0.1) is 11.3 Å². The quantitative estimate of drug-likeness (QED) is 0.820. The summed E-state index contributed by atoms with van der Waals surface area (Å²) in [6.07, 6.45) is 3.18. The van der Waals surface area contributed by atoms with Gasteiger partial charge in [-0.05, 0) is 20.3 Å². The average Bonchev–Trinajstić information content (AvgIpc) is 2.59. The van der Waals surface area contributed by atoms with E-state index in [-0.39, 0.29) is 5.91 Å². The number of rotatable bonds is 5. The van der Waals surface area contributed by atoms with E-state index in [1.54, 1.807) is 11.3 Å². The normalized spacial score (nSPS) is 11.5. The van der Waals surface area contributed by atoms with Crippen LogP contribution in [0, 0.1) is 0 Å². The van der Waals surface area contributed by atoms with Crippen LogP contribution in [0.1, 0.15) is 37.1 Å². The van der Waals surface area contributed by atoms with E-state index in [1.807, 2.05) is 20.0 Å². The number of nitrogens with two attached hydrogens (primary N) is 1. The second kappa shape index (κ2) is 5.41. The van der Waals surface area contributed by atoms with Crippen molar-refractivity contribution in [3.8, 4) is 0 Å². The predicted molar refractivity (Wildman–Crippen MR) is 66.2 cm³/mol. The summed E-state index contributed by atoms with van der Waals surface area (Å²) in [6, 6.07) is 0. The van der Waals surface area contributed by atoms with Crippen LogP contribution in [0.15, 0.2) is 6.20 Å². The Morgan fingerprint density at radius 1 is 1.62 bits per heavy atom. The van der Waals surface area contributed by atoms with Gasteiger partial charge in [0, 0.05) is 23.0 Å². The number of carbonyl (C=O) groups excluding carboxylic acids is 1. The molecule has 0 unspecified atom stereocenters. The Morgan fingerprint density at radius 3 is 2.81 bits per heavy atom. The van der Waals surface area contributed by atoms with Crippen LogP contribution in [0.5, 0.6) is 0 Å². The summed E-state index contributed by atoms with van der Waals surface area (Å²) in [5, 5.41) is 3.77. The zero-order valence-electron chi connectivity index (χ0n) is 10.0. The van der Waals surface area contributed by atoms with Crippen LogP contribution >= 0.6 is 11.3 Å². The molecule has 1 amide bonds. The largest absolute Gasteiger partial charge is 0.350 e. The molecular formula is C11H19N3OS. The van der Waals surface area contributed by atoms with Gasteiger partial charge in [-0.1, -0.05) is 6.92 Å². The van der Waals surface area contributed by atoms with Crippen molar-refractivity contribution in [3.63, 3.8) is 0 Å². The van der Waals surface area contributed by atoms with Crippen LogP contribution in [-0.2, 0) is 17.8 Å². The fourth-order valence-corrected chi connectivity index (χ4v) is 2.05. The highest BCUT2D eigenvalue weighted by Gasteiger charge is 2.16. The highest BCUT2D eigenvalue weighted by atomic mass is 32.1. The lowest BCUT2D eigenvalue weighted by Crippen LogP contribution is -2.38. The molecule has 0 aliphatic heterocycles. The maximum Gasteiger partial charge on any atom is 0.222 e. The summed E-state index contributed by atoms with van der Waals surface area (Å²) in [4.78, 5) is 17.0. The fourth-order valence-electron chi connectivity index (χ4n) is 1.24. The van der Waals surface area contributed by atoms with Gasteiger partial charge in [-0.3, -0.25) is 4.79 Å². The minimum Gasteiger partial charge on any atom is -0.350 e. The first-order chi connectivity index (χ1) is 7.40. The summed E-state index contributed by atoms with van der Waals surface area (Å²) in [7, 11) is 0. The number of aromatic nitrogens is 1.